The van der Waals surface area contributed by atoms with Crippen LogP contribution in [0.5, 0.6) is 0 Å². The molecule has 0 atom stereocenters. The average Bonchev–Trinajstić information content (AvgIpc) is 2.30. The minimum Gasteiger partial charge on any atom is -0.103 e. The fraction of sp³-hybridized carbons (Fsp3) is 0.462. The smallest absolute Gasteiger partial charge is 0.0229 e. The molecule has 0 saturated carbocycles. The summed E-state index contributed by atoms with van der Waals surface area (Å²) in [5.41, 5.74) is 5.96. The van der Waals surface area contributed by atoms with E-state index in [1.807, 2.05) is 6.08 Å². The third-order valence-electron chi connectivity index (χ3n) is 3.19. The van der Waals surface area contributed by atoms with Crippen molar-refractivity contribution in [1.29, 1.82) is 0 Å². The van der Waals surface area contributed by atoms with E-state index in [2.05, 4.69) is 34.3 Å². The van der Waals surface area contributed by atoms with Crippen LogP contribution in [0.4, 0.5) is 0 Å². The molecule has 1 rings (SSSR count). The minimum atomic E-state index is 0. The van der Waals surface area contributed by atoms with Crippen molar-refractivity contribution in [2.75, 3.05) is 0 Å². The summed E-state index contributed by atoms with van der Waals surface area (Å²) in [6.07, 6.45) is 4.23. The first-order valence-electron chi connectivity index (χ1n) is 4.92. The van der Waals surface area contributed by atoms with Crippen LogP contribution in [-0.2, 0) is 16.8 Å². The Hall–Kier alpha value is -0.274. The maximum absolute atomic E-state index is 3.76. The van der Waals surface area contributed by atoms with Crippen LogP contribution >= 0.6 is 0 Å². The van der Waals surface area contributed by atoms with Crippen molar-refractivity contribution < 1.29 is 16.8 Å². The molecule has 0 bridgehead atoms. The van der Waals surface area contributed by atoms with Gasteiger partial charge in [0.05, 0.1) is 0 Å². The van der Waals surface area contributed by atoms with E-state index in [0.29, 0.717) is 0 Å². The summed E-state index contributed by atoms with van der Waals surface area (Å²) < 4.78 is 0. The Morgan fingerprint density at radius 1 is 1.00 bits per heavy atom. The number of hydrogen-bond acceptors (Lipinski definition) is 0. The van der Waals surface area contributed by atoms with Gasteiger partial charge in [0, 0.05) is 22.7 Å². The molecule has 1 heteroatoms. The first kappa shape index (κ1) is 13.7. The Morgan fingerprint density at radius 3 is 1.93 bits per heavy atom. The van der Waals surface area contributed by atoms with Gasteiger partial charge in [0.2, 0.25) is 0 Å². The van der Waals surface area contributed by atoms with Crippen LogP contribution in [0.15, 0.2) is 34.9 Å². The van der Waals surface area contributed by atoms with E-state index in [0.717, 1.165) is 12.8 Å². The van der Waals surface area contributed by atoms with Crippen molar-refractivity contribution >= 4 is 0 Å². The first-order valence-corrected chi connectivity index (χ1v) is 4.92. The molecule has 0 unspecified atom stereocenters. The molecule has 2 radical (unpaired) electrons. The minimum absolute atomic E-state index is 0. The molecule has 0 nitrogen and oxygen atoms in total. The molecular formula is C13H19Co. The maximum Gasteiger partial charge on any atom is 0.0229 e. The van der Waals surface area contributed by atoms with Gasteiger partial charge in [-0.25, -0.2) is 0 Å². The second kappa shape index (κ2) is 5.57. The molecule has 0 heterocycles. The molecule has 1 aliphatic carbocycles. The predicted octanol–water partition coefficient (Wildman–Crippen LogP) is 4.21. The van der Waals surface area contributed by atoms with Gasteiger partial charge in [-0.05, 0) is 44.8 Å². The second-order valence-corrected chi connectivity index (χ2v) is 3.81. The Kier molecular flexibility index (Phi) is 5.46. The molecule has 0 aromatic carbocycles. The monoisotopic (exact) mass is 234 g/mol. The van der Waals surface area contributed by atoms with Gasteiger partial charge in [0.25, 0.3) is 0 Å². The summed E-state index contributed by atoms with van der Waals surface area (Å²) in [7, 11) is 0. The summed E-state index contributed by atoms with van der Waals surface area (Å²) >= 11 is 0. The van der Waals surface area contributed by atoms with Crippen LogP contribution in [-0.4, -0.2) is 0 Å². The van der Waals surface area contributed by atoms with Crippen LogP contribution < -0.4 is 0 Å². The van der Waals surface area contributed by atoms with Gasteiger partial charge in [-0.2, -0.15) is 0 Å². The zero-order valence-corrected chi connectivity index (χ0v) is 10.6. The molecule has 0 saturated heterocycles. The Labute approximate surface area is 98.4 Å². The zero-order valence-electron chi connectivity index (χ0n) is 9.53. The van der Waals surface area contributed by atoms with E-state index in [1.54, 1.807) is 0 Å². The second-order valence-electron chi connectivity index (χ2n) is 3.81. The van der Waals surface area contributed by atoms with E-state index in [9.17, 15) is 0 Å². The largest absolute Gasteiger partial charge is 0.103 e. The van der Waals surface area contributed by atoms with Crippen molar-refractivity contribution in [3.8, 4) is 0 Å². The van der Waals surface area contributed by atoms with Crippen molar-refractivity contribution in [1.82, 2.24) is 0 Å². The number of rotatable bonds is 3. The Bertz CT molecular complexity index is 282. The molecule has 1 aliphatic rings. The molecule has 14 heavy (non-hydrogen) atoms. The van der Waals surface area contributed by atoms with Gasteiger partial charge in [0.1, 0.15) is 0 Å². The summed E-state index contributed by atoms with van der Waals surface area (Å²) in [6.45, 7) is 12.7. The molecule has 0 aliphatic heterocycles. The van der Waals surface area contributed by atoms with E-state index >= 15 is 0 Å². The average molecular weight is 234 g/mol. The first-order chi connectivity index (χ1) is 6.09. The fourth-order valence-corrected chi connectivity index (χ4v) is 1.92. The normalized spacial score (nSPS) is 17.4. The quantitative estimate of drug-likeness (QED) is 0.641. The molecule has 0 spiro atoms. The molecule has 0 aromatic rings. The van der Waals surface area contributed by atoms with E-state index in [1.165, 1.54) is 28.2 Å². The summed E-state index contributed by atoms with van der Waals surface area (Å²) in [4.78, 5) is 0. The van der Waals surface area contributed by atoms with E-state index in [4.69, 9.17) is 0 Å². The van der Waals surface area contributed by atoms with E-state index in [-0.39, 0.29) is 16.8 Å². The van der Waals surface area contributed by atoms with E-state index < -0.39 is 0 Å². The fourth-order valence-electron chi connectivity index (χ4n) is 1.92. The van der Waals surface area contributed by atoms with Crippen LogP contribution in [0.3, 0.4) is 0 Å². The Balaban J connectivity index is 0.00000169. The van der Waals surface area contributed by atoms with Gasteiger partial charge < -0.3 is 0 Å². The van der Waals surface area contributed by atoms with Crippen LogP contribution in [0.1, 0.15) is 40.5 Å². The summed E-state index contributed by atoms with van der Waals surface area (Å²) in [6, 6.07) is 0. The van der Waals surface area contributed by atoms with Crippen molar-refractivity contribution in [2.45, 2.75) is 40.5 Å². The standard InChI is InChI=1S/C13H19.Co/c1-6-7-8-13-11(4)9(2)10(3)12(13)5;/h6H,1,7-8H2,2-5H3;. The third kappa shape index (κ3) is 2.40. The molecule has 0 fully saturated rings. The molecule has 0 amide bonds. The van der Waals surface area contributed by atoms with Gasteiger partial charge in [-0.1, -0.05) is 24.1 Å². The van der Waals surface area contributed by atoms with Gasteiger partial charge in [-0.15, -0.1) is 6.58 Å². The zero-order chi connectivity index (χ0) is 10.0. The topological polar surface area (TPSA) is 0 Å². The molecule has 80 valence electrons. The summed E-state index contributed by atoms with van der Waals surface area (Å²) in [5.74, 6) is 1.48. The maximum atomic E-state index is 3.76. The molecular weight excluding hydrogens is 215 g/mol. The predicted molar refractivity (Wildman–Crippen MR) is 59.4 cm³/mol. The van der Waals surface area contributed by atoms with Gasteiger partial charge in [-0.3, -0.25) is 0 Å². The van der Waals surface area contributed by atoms with Crippen molar-refractivity contribution in [3.63, 3.8) is 0 Å². The SMILES string of the molecule is C=CCCC1=C(C)C(C)=C(C)[C]1C.[Co]. The Morgan fingerprint density at radius 2 is 1.57 bits per heavy atom. The number of hydrogen-bond donors (Lipinski definition) is 0. The van der Waals surface area contributed by atoms with Gasteiger partial charge in [0.15, 0.2) is 0 Å². The molecule has 0 aromatic heterocycles. The third-order valence-corrected chi connectivity index (χ3v) is 3.19. The van der Waals surface area contributed by atoms with Gasteiger partial charge >= 0.3 is 0 Å². The van der Waals surface area contributed by atoms with Crippen molar-refractivity contribution in [3.05, 3.63) is 40.9 Å². The van der Waals surface area contributed by atoms with Crippen molar-refractivity contribution in [2.24, 2.45) is 0 Å². The van der Waals surface area contributed by atoms with Crippen LogP contribution in [0.25, 0.3) is 0 Å². The number of allylic oxidation sites excluding steroid dienone is 5. The van der Waals surface area contributed by atoms with Crippen LogP contribution in [0, 0.1) is 5.92 Å². The van der Waals surface area contributed by atoms with Crippen LogP contribution in [0.2, 0.25) is 0 Å². The molecule has 0 N–H and O–H groups in total. The summed E-state index contributed by atoms with van der Waals surface area (Å²) in [5, 5.41) is 0.